The molecule has 5 heteroatoms. The third-order valence-electron chi connectivity index (χ3n) is 5.09. The highest BCUT2D eigenvalue weighted by atomic mass is 28.4. The van der Waals surface area contributed by atoms with Crippen LogP contribution in [0.3, 0.4) is 0 Å². The van der Waals surface area contributed by atoms with Crippen molar-refractivity contribution in [2.45, 2.75) is 64.5 Å². The van der Waals surface area contributed by atoms with Gasteiger partial charge in [-0.05, 0) is 23.7 Å². The van der Waals surface area contributed by atoms with Gasteiger partial charge in [0, 0.05) is 6.54 Å². The number of nitrogens with zero attached hydrogens (tertiary/aromatic N) is 1. The van der Waals surface area contributed by atoms with Gasteiger partial charge in [0.2, 0.25) is 5.90 Å². The lowest BCUT2D eigenvalue weighted by molar-refractivity contribution is 0.472. The van der Waals surface area contributed by atoms with Crippen LogP contribution >= 0.6 is 0 Å². The molecule has 0 spiro atoms. The molecule has 1 aliphatic rings. The highest BCUT2D eigenvalue weighted by molar-refractivity contribution is 6.89. The van der Waals surface area contributed by atoms with Gasteiger partial charge in [-0.15, -0.1) is 5.10 Å². The van der Waals surface area contributed by atoms with Crippen LogP contribution in [-0.4, -0.2) is 28.8 Å². The molecular weight excluding hydrogens is 316 g/mol. The van der Waals surface area contributed by atoms with Crippen molar-refractivity contribution in [3.63, 3.8) is 0 Å². The molecule has 3 nitrogen and oxygen atoms in total. The van der Waals surface area contributed by atoms with Gasteiger partial charge in [0.1, 0.15) is 0 Å². The molecule has 128 valence electrons. The van der Waals surface area contributed by atoms with E-state index in [2.05, 4.69) is 88.3 Å². The topological polar surface area (TPSA) is 33.6 Å². The van der Waals surface area contributed by atoms with E-state index in [4.69, 9.17) is 4.43 Å². The van der Waals surface area contributed by atoms with Gasteiger partial charge < -0.3 is 9.85 Å². The molecule has 23 heavy (non-hydrogen) atoms. The van der Waals surface area contributed by atoms with Crippen molar-refractivity contribution in [2.75, 3.05) is 6.54 Å². The van der Waals surface area contributed by atoms with Crippen LogP contribution in [0.25, 0.3) is 0 Å². The highest BCUT2D eigenvalue weighted by Crippen LogP contribution is 2.38. The lowest BCUT2D eigenvalue weighted by atomic mass is 10.00. The van der Waals surface area contributed by atoms with E-state index < -0.39 is 16.4 Å². The second-order valence-electron chi connectivity index (χ2n) is 9.06. The maximum Gasteiger partial charge on any atom is 0.252 e. The SMILES string of the molecule is CC(C)(C)[Si](C)(C)OC1=NNCC1c1ccccc1[Si](C)(C)C. The first kappa shape index (κ1) is 18.3. The Hall–Kier alpha value is -1.08. The summed E-state index contributed by atoms with van der Waals surface area (Å²) in [5, 5.41) is 6.21. The Morgan fingerprint density at radius 2 is 1.70 bits per heavy atom. The molecule has 1 atom stereocenters. The molecule has 0 saturated heterocycles. The number of hydrogen-bond acceptors (Lipinski definition) is 3. The Kier molecular flexibility index (Phi) is 4.84. The fraction of sp³-hybridized carbons (Fsp3) is 0.611. The summed E-state index contributed by atoms with van der Waals surface area (Å²) in [5.41, 5.74) is 4.57. The van der Waals surface area contributed by atoms with E-state index in [0.717, 1.165) is 12.4 Å². The maximum absolute atomic E-state index is 6.54. The summed E-state index contributed by atoms with van der Waals surface area (Å²) in [6.07, 6.45) is 0. The molecular formula is C18H32N2OSi2. The molecule has 1 N–H and O–H groups in total. The average molecular weight is 349 g/mol. The smallest absolute Gasteiger partial charge is 0.252 e. The lowest BCUT2D eigenvalue weighted by Gasteiger charge is -2.37. The first-order valence-corrected chi connectivity index (χ1v) is 14.9. The fourth-order valence-corrected chi connectivity index (χ4v) is 5.35. The van der Waals surface area contributed by atoms with Crippen LogP contribution in [0.2, 0.25) is 37.8 Å². The Morgan fingerprint density at radius 1 is 1.09 bits per heavy atom. The monoisotopic (exact) mass is 348 g/mol. The quantitative estimate of drug-likeness (QED) is 0.828. The summed E-state index contributed by atoms with van der Waals surface area (Å²) < 4.78 is 6.54. The summed E-state index contributed by atoms with van der Waals surface area (Å²) in [6, 6.07) is 8.85. The second-order valence-corrected chi connectivity index (χ2v) is 18.8. The van der Waals surface area contributed by atoms with Crippen molar-refractivity contribution < 1.29 is 4.43 Å². The Bertz CT molecular complexity index is 598. The first-order chi connectivity index (χ1) is 10.4. The zero-order chi connectivity index (χ0) is 17.5. The van der Waals surface area contributed by atoms with Gasteiger partial charge in [0.15, 0.2) is 0 Å². The molecule has 0 amide bonds. The van der Waals surface area contributed by atoms with Crippen LogP contribution in [0.5, 0.6) is 0 Å². The van der Waals surface area contributed by atoms with E-state index in [1.165, 1.54) is 10.8 Å². The zero-order valence-corrected chi connectivity index (χ0v) is 17.9. The van der Waals surface area contributed by atoms with Crippen LogP contribution in [0.4, 0.5) is 0 Å². The Labute approximate surface area is 143 Å². The molecule has 0 bridgehead atoms. The highest BCUT2D eigenvalue weighted by Gasteiger charge is 2.42. The molecule has 0 saturated carbocycles. The van der Waals surface area contributed by atoms with Gasteiger partial charge in [-0.2, -0.15) is 0 Å². The van der Waals surface area contributed by atoms with Gasteiger partial charge in [-0.3, -0.25) is 0 Å². The lowest BCUT2D eigenvalue weighted by Crippen LogP contribution is -2.45. The van der Waals surface area contributed by atoms with Crippen LogP contribution < -0.4 is 10.6 Å². The molecule has 0 aromatic heterocycles. The molecule has 2 rings (SSSR count). The molecule has 1 aromatic carbocycles. The summed E-state index contributed by atoms with van der Waals surface area (Å²) in [4.78, 5) is 0. The Morgan fingerprint density at radius 3 is 2.26 bits per heavy atom. The maximum atomic E-state index is 6.54. The number of nitrogens with one attached hydrogen (secondary N) is 1. The summed E-state index contributed by atoms with van der Waals surface area (Å²) in [6.45, 7) is 19.4. The van der Waals surface area contributed by atoms with Crippen LogP contribution in [0.15, 0.2) is 29.4 Å². The molecule has 1 aliphatic heterocycles. The van der Waals surface area contributed by atoms with E-state index in [-0.39, 0.29) is 11.0 Å². The largest absolute Gasteiger partial charge is 0.532 e. The minimum Gasteiger partial charge on any atom is -0.532 e. The van der Waals surface area contributed by atoms with Crippen molar-refractivity contribution in [3.05, 3.63) is 29.8 Å². The third-order valence-corrected chi connectivity index (χ3v) is 11.5. The van der Waals surface area contributed by atoms with Gasteiger partial charge in [-0.25, -0.2) is 0 Å². The number of benzene rings is 1. The Balaban J connectivity index is 2.34. The van der Waals surface area contributed by atoms with Crippen molar-refractivity contribution in [3.8, 4) is 0 Å². The summed E-state index contributed by atoms with van der Waals surface area (Å²) in [7, 11) is -3.26. The molecule has 0 aliphatic carbocycles. The van der Waals surface area contributed by atoms with E-state index in [1.807, 2.05) is 0 Å². The van der Waals surface area contributed by atoms with Crippen molar-refractivity contribution in [1.29, 1.82) is 0 Å². The zero-order valence-electron chi connectivity index (χ0n) is 15.9. The van der Waals surface area contributed by atoms with Crippen molar-refractivity contribution >= 4 is 27.5 Å². The van der Waals surface area contributed by atoms with Crippen LogP contribution in [0.1, 0.15) is 32.3 Å². The first-order valence-electron chi connectivity index (χ1n) is 8.52. The van der Waals surface area contributed by atoms with E-state index in [0.29, 0.717) is 0 Å². The van der Waals surface area contributed by atoms with Crippen molar-refractivity contribution in [1.82, 2.24) is 5.43 Å². The van der Waals surface area contributed by atoms with Gasteiger partial charge in [0.25, 0.3) is 8.32 Å². The minimum absolute atomic E-state index is 0.182. The van der Waals surface area contributed by atoms with Gasteiger partial charge >= 0.3 is 0 Å². The van der Waals surface area contributed by atoms with E-state index in [1.54, 1.807) is 0 Å². The fourth-order valence-electron chi connectivity index (χ4n) is 2.62. The van der Waals surface area contributed by atoms with Crippen molar-refractivity contribution in [2.24, 2.45) is 5.10 Å². The standard InChI is InChI=1S/C18H32N2OSi2/c1-18(2,3)23(7,8)21-17-15(13-19-20-17)14-11-9-10-12-16(14)22(4,5)6/h9-12,15,19H,13H2,1-8H3. The predicted molar refractivity (Wildman–Crippen MR) is 106 cm³/mol. The second kappa shape index (κ2) is 6.09. The van der Waals surface area contributed by atoms with E-state index >= 15 is 0 Å². The molecule has 0 fully saturated rings. The molecule has 0 radical (unpaired) electrons. The molecule has 1 heterocycles. The normalized spacial score (nSPS) is 19.3. The number of hydrazone groups is 1. The molecule has 1 unspecified atom stereocenters. The van der Waals surface area contributed by atoms with Gasteiger partial charge in [0.05, 0.1) is 14.0 Å². The predicted octanol–water partition coefficient (Wildman–Crippen LogP) is 4.25. The van der Waals surface area contributed by atoms with Crippen LogP contribution in [-0.2, 0) is 4.43 Å². The third kappa shape index (κ3) is 3.88. The average Bonchev–Trinajstić information content (AvgIpc) is 2.83. The van der Waals surface area contributed by atoms with Gasteiger partial charge in [-0.1, -0.05) is 69.9 Å². The minimum atomic E-state index is -1.87. The number of hydrogen-bond donors (Lipinski definition) is 1. The molecule has 1 aromatic rings. The summed E-state index contributed by atoms with van der Waals surface area (Å²) >= 11 is 0. The van der Waals surface area contributed by atoms with Crippen LogP contribution in [0, 0.1) is 0 Å². The van der Waals surface area contributed by atoms with E-state index in [9.17, 15) is 0 Å². The number of rotatable bonds is 3. The summed E-state index contributed by atoms with van der Waals surface area (Å²) in [5.74, 6) is 1.13.